The Balaban J connectivity index is 4.51. The van der Waals surface area contributed by atoms with Crippen LogP contribution >= 0.6 is 0 Å². The normalized spacial score (nSPS) is 9.89. The lowest BCUT2D eigenvalue weighted by atomic mass is 10.3. The number of carbonyl (C=O) groups excluding carboxylic acids is 1. The molecule has 0 radical (unpaired) electrons. The minimum Gasteiger partial charge on any atom is -0.480 e. The summed E-state index contributed by atoms with van der Waals surface area (Å²) in [5.74, 6) is 1.21. The number of carboxylic acids is 1. The number of hydrogen-bond donors (Lipinski definition) is 1. The highest BCUT2D eigenvalue weighted by Crippen LogP contribution is 1.99. The summed E-state index contributed by atoms with van der Waals surface area (Å²) in [6, 6.07) is 0. The summed E-state index contributed by atoms with van der Waals surface area (Å²) < 4.78 is 0. The van der Waals surface area contributed by atoms with Crippen LogP contribution in [0.2, 0.25) is 0 Å². The largest absolute Gasteiger partial charge is 0.480 e. The van der Waals surface area contributed by atoms with E-state index in [0.29, 0.717) is 13.1 Å². The lowest BCUT2D eigenvalue weighted by Gasteiger charge is -2.24. The summed E-state index contributed by atoms with van der Waals surface area (Å²) in [5, 5.41) is 8.72. The summed E-state index contributed by atoms with van der Waals surface area (Å²) in [6.45, 7) is 8.41. The Morgan fingerprint density at radius 2 is 1.94 bits per heavy atom. The SMILES string of the molecule is C#CCN(CC(=O)O)CC(=O)N(CC)CC(=C)C. The number of terminal acetylenes is 1. The molecule has 0 aliphatic rings. The van der Waals surface area contributed by atoms with E-state index in [4.69, 9.17) is 11.5 Å². The van der Waals surface area contributed by atoms with E-state index in [2.05, 4.69) is 12.5 Å². The zero-order chi connectivity index (χ0) is 14.1. The maximum Gasteiger partial charge on any atom is 0.317 e. The van der Waals surface area contributed by atoms with Crippen LogP contribution in [0.4, 0.5) is 0 Å². The minimum atomic E-state index is -0.999. The molecular weight excluding hydrogens is 232 g/mol. The van der Waals surface area contributed by atoms with Crippen LogP contribution in [0.25, 0.3) is 0 Å². The number of likely N-dealkylation sites (N-methyl/N-ethyl adjacent to an activating group) is 1. The zero-order valence-electron chi connectivity index (χ0n) is 11.0. The molecule has 0 bridgehead atoms. The van der Waals surface area contributed by atoms with Gasteiger partial charge in [0.05, 0.1) is 19.6 Å². The molecule has 0 spiro atoms. The molecule has 0 atom stereocenters. The van der Waals surface area contributed by atoms with Gasteiger partial charge in [0.15, 0.2) is 0 Å². The second-order valence-corrected chi connectivity index (χ2v) is 4.11. The number of carboxylic acid groups (broad SMARTS) is 1. The molecule has 0 aliphatic carbocycles. The van der Waals surface area contributed by atoms with Crippen LogP contribution in [0.3, 0.4) is 0 Å². The van der Waals surface area contributed by atoms with Crippen molar-refractivity contribution in [2.24, 2.45) is 0 Å². The molecule has 18 heavy (non-hydrogen) atoms. The van der Waals surface area contributed by atoms with Crippen molar-refractivity contribution in [2.45, 2.75) is 13.8 Å². The average molecular weight is 252 g/mol. The van der Waals surface area contributed by atoms with Gasteiger partial charge in [0.2, 0.25) is 5.91 Å². The number of hydrogen-bond acceptors (Lipinski definition) is 3. The van der Waals surface area contributed by atoms with Crippen LogP contribution < -0.4 is 0 Å². The highest BCUT2D eigenvalue weighted by molar-refractivity contribution is 5.79. The molecule has 0 saturated carbocycles. The van der Waals surface area contributed by atoms with Crippen LogP contribution in [0, 0.1) is 12.3 Å². The van der Waals surface area contributed by atoms with Crippen molar-refractivity contribution in [3.8, 4) is 12.3 Å². The van der Waals surface area contributed by atoms with E-state index >= 15 is 0 Å². The lowest BCUT2D eigenvalue weighted by Crippen LogP contribution is -2.42. The molecule has 1 N–H and O–H groups in total. The number of aliphatic carboxylic acids is 1. The van der Waals surface area contributed by atoms with Crippen molar-refractivity contribution in [3.05, 3.63) is 12.2 Å². The molecule has 0 aliphatic heterocycles. The van der Waals surface area contributed by atoms with Crippen molar-refractivity contribution >= 4 is 11.9 Å². The van der Waals surface area contributed by atoms with E-state index < -0.39 is 5.97 Å². The van der Waals surface area contributed by atoms with E-state index in [-0.39, 0.29) is 25.5 Å². The summed E-state index contributed by atoms with van der Waals surface area (Å²) >= 11 is 0. The molecule has 0 aromatic heterocycles. The van der Waals surface area contributed by atoms with E-state index in [0.717, 1.165) is 5.57 Å². The van der Waals surface area contributed by atoms with Crippen LogP contribution in [0.5, 0.6) is 0 Å². The van der Waals surface area contributed by atoms with E-state index in [1.54, 1.807) is 4.90 Å². The smallest absolute Gasteiger partial charge is 0.317 e. The third-order valence-electron chi connectivity index (χ3n) is 2.23. The van der Waals surface area contributed by atoms with Crippen molar-refractivity contribution < 1.29 is 14.7 Å². The first kappa shape index (κ1) is 16.2. The van der Waals surface area contributed by atoms with Crippen molar-refractivity contribution in [1.82, 2.24) is 9.80 Å². The zero-order valence-corrected chi connectivity index (χ0v) is 11.0. The average Bonchev–Trinajstić information content (AvgIpc) is 2.24. The third-order valence-corrected chi connectivity index (χ3v) is 2.23. The van der Waals surface area contributed by atoms with Gasteiger partial charge in [0.1, 0.15) is 0 Å². The molecule has 1 amide bonds. The van der Waals surface area contributed by atoms with Gasteiger partial charge in [-0.1, -0.05) is 18.1 Å². The first-order valence-corrected chi connectivity index (χ1v) is 5.70. The van der Waals surface area contributed by atoms with Gasteiger partial charge < -0.3 is 10.0 Å². The molecule has 0 saturated heterocycles. The van der Waals surface area contributed by atoms with Gasteiger partial charge in [-0.3, -0.25) is 14.5 Å². The fourth-order valence-electron chi connectivity index (χ4n) is 1.48. The standard InChI is InChI=1S/C13H20N2O3/c1-5-7-14(10-13(17)18)9-12(16)15(6-2)8-11(3)4/h1H,3,6-10H2,2,4H3,(H,17,18). The lowest BCUT2D eigenvalue weighted by molar-refractivity contribution is -0.139. The van der Waals surface area contributed by atoms with Crippen LogP contribution in [0.1, 0.15) is 13.8 Å². The molecule has 0 aromatic rings. The third kappa shape index (κ3) is 6.71. The quantitative estimate of drug-likeness (QED) is 0.503. The molecule has 0 heterocycles. The highest BCUT2D eigenvalue weighted by Gasteiger charge is 2.17. The van der Waals surface area contributed by atoms with Crippen LogP contribution in [0.15, 0.2) is 12.2 Å². The van der Waals surface area contributed by atoms with Gasteiger partial charge in [-0.2, -0.15) is 0 Å². The Labute approximate surface area is 108 Å². The molecule has 0 aromatic carbocycles. The van der Waals surface area contributed by atoms with Gasteiger partial charge in [-0.05, 0) is 13.8 Å². The molecular formula is C13H20N2O3. The van der Waals surface area contributed by atoms with Gasteiger partial charge >= 0.3 is 5.97 Å². The van der Waals surface area contributed by atoms with E-state index in [1.165, 1.54) is 4.90 Å². The van der Waals surface area contributed by atoms with Gasteiger partial charge in [-0.25, -0.2) is 0 Å². The first-order valence-electron chi connectivity index (χ1n) is 5.70. The molecule has 0 unspecified atom stereocenters. The predicted octanol–water partition coefficient (Wildman–Crippen LogP) is 0.431. The highest BCUT2D eigenvalue weighted by atomic mass is 16.4. The summed E-state index contributed by atoms with van der Waals surface area (Å²) in [5.41, 5.74) is 0.881. The maximum absolute atomic E-state index is 12.0. The first-order chi connectivity index (χ1) is 8.40. The van der Waals surface area contributed by atoms with Crippen molar-refractivity contribution in [1.29, 1.82) is 0 Å². The number of rotatable bonds is 8. The fourth-order valence-corrected chi connectivity index (χ4v) is 1.48. The monoisotopic (exact) mass is 252 g/mol. The molecule has 5 heteroatoms. The number of carbonyl (C=O) groups is 2. The number of amides is 1. The Kier molecular flexibility index (Phi) is 7.48. The minimum absolute atomic E-state index is 0.0115. The maximum atomic E-state index is 12.0. The van der Waals surface area contributed by atoms with E-state index in [9.17, 15) is 9.59 Å². The Hall–Kier alpha value is -1.80. The van der Waals surface area contributed by atoms with Gasteiger partial charge in [0, 0.05) is 13.1 Å². The second kappa shape index (κ2) is 8.31. The summed E-state index contributed by atoms with van der Waals surface area (Å²) in [4.78, 5) is 25.6. The van der Waals surface area contributed by atoms with Gasteiger partial charge in [0.25, 0.3) is 0 Å². The van der Waals surface area contributed by atoms with Crippen LogP contribution in [-0.4, -0.2) is 59.5 Å². The summed E-state index contributed by atoms with van der Waals surface area (Å²) in [6.07, 6.45) is 5.15. The molecule has 5 nitrogen and oxygen atoms in total. The Morgan fingerprint density at radius 3 is 2.33 bits per heavy atom. The van der Waals surface area contributed by atoms with Gasteiger partial charge in [-0.15, -0.1) is 6.42 Å². The fraction of sp³-hybridized carbons (Fsp3) is 0.538. The number of nitrogens with zero attached hydrogens (tertiary/aromatic N) is 2. The Morgan fingerprint density at radius 1 is 1.33 bits per heavy atom. The Bertz CT molecular complexity index is 358. The molecule has 100 valence electrons. The predicted molar refractivity (Wildman–Crippen MR) is 70.0 cm³/mol. The molecule has 0 rings (SSSR count). The van der Waals surface area contributed by atoms with E-state index in [1.807, 2.05) is 13.8 Å². The van der Waals surface area contributed by atoms with Crippen LogP contribution in [-0.2, 0) is 9.59 Å². The van der Waals surface area contributed by atoms with Crippen molar-refractivity contribution in [2.75, 3.05) is 32.7 Å². The topological polar surface area (TPSA) is 60.9 Å². The summed E-state index contributed by atoms with van der Waals surface area (Å²) in [7, 11) is 0. The second-order valence-electron chi connectivity index (χ2n) is 4.11. The molecule has 0 fully saturated rings. The van der Waals surface area contributed by atoms with Crippen molar-refractivity contribution in [3.63, 3.8) is 0 Å².